The SMILES string of the molecule is C=N/C=C(\C=C/C)[C@@H]1CC[C@@H](C)CN1C(=O)C(=O)Nc1cncc(C(N)=O)c1. The van der Waals surface area contributed by atoms with E-state index in [4.69, 9.17) is 5.73 Å². The Balaban J connectivity index is 2.23. The Morgan fingerprint density at radius 3 is 2.75 bits per heavy atom. The fourth-order valence-electron chi connectivity index (χ4n) is 3.22. The van der Waals surface area contributed by atoms with Crippen LogP contribution < -0.4 is 11.1 Å². The second-order valence-corrected chi connectivity index (χ2v) is 6.75. The Morgan fingerprint density at radius 1 is 1.36 bits per heavy atom. The Hall–Kier alpha value is -3.29. The largest absolute Gasteiger partial charge is 0.366 e. The lowest BCUT2D eigenvalue weighted by Crippen LogP contribution is -2.51. The van der Waals surface area contributed by atoms with Crippen LogP contribution in [0.5, 0.6) is 0 Å². The van der Waals surface area contributed by atoms with Crippen LogP contribution in [-0.2, 0) is 9.59 Å². The number of carbonyl (C=O) groups excluding carboxylic acids is 3. The highest BCUT2D eigenvalue weighted by atomic mass is 16.2. The van der Waals surface area contributed by atoms with Crippen molar-refractivity contribution in [3.8, 4) is 0 Å². The molecule has 1 aromatic rings. The third kappa shape index (κ3) is 5.12. The summed E-state index contributed by atoms with van der Waals surface area (Å²) in [5, 5.41) is 2.50. The summed E-state index contributed by atoms with van der Waals surface area (Å²) in [5.41, 5.74) is 6.42. The second-order valence-electron chi connectivity index (χ2n) is 6.75. The van der Waals surface area contributed by atoms with Crippen molar-refractivity contribution in [1.29, 1.82) is 0 Å². The molecule has 2 rings (SSSR count). The summed E-state index contributed by atoms with van der Waals surface area (Å²) in [4.78, 5) is 46.0. The number of piperidine rings is 1. The summed E-state index contributed by atoms with van der Waals surface area (Å²) >= 11 is 0. The van der Waals surface area contributed by atoms with E-state index in [9.17, 15) is 14.4 Å². The minimum Gasteiger partial charge on any atom is -0.366 e. The molecule has 0 saturated carbocycles. The number of aliphatic imine (C=N–C) groups is 1. The van der Waals surface area contributed by atoms with Gasteiger partial charge in [0.15, 0.2) is 0 Å². The molecule has 0 bridgehead atoms. The van der Waals surface area contributed by atoms with Crippen molar-refractivity contribution < 1.29 is 14.4 Å². The van der Waals surface area contributed by atoms with Crippen molar-refractivity contribution in [3.05, 3.63) is 47.9 Å². The number of aromatic nitrogens is 1. The monoisotopic (exact) mass is 383 g/mol. The molecule has 0 unspecified atom stereocenters. The van der Waals surface area contributed by atoms with Crippen molar-refractivity contribution in [2.45, 2.75) is 32.7 Å². The van der Waals surface area contributed by atoms with Crippen molar-refractivity contribution in [3.63, 3.8) is 0 Å². The van der Waals surface area contributed by atoms with E-state index in [-0.39, 0.29) is 23.2 Å². The number of hydrogen-bond donors (Lipinski definition) is 2. The number of nitrogens with zero attached hydrogens (tertiary/aromatic N) is 3. The van der Waals surface area contributed by atoms with E-state index in [2.05, 4.69) is 22.0 Å². The van der Waals surface area contributed by atoms with Gasteiger partial charge in [-0.2, -0.15) is 0 Å². The number of carbonyl (C=O) groups is 3. The number of likely N-dealkylation sites (tertiary alicyclic amines) is 1. The first-order chi connectivity index (χ1) is 13.4. The van der Waals surface area contributed by atoms with Crippen molar-refractivity contribution in [2.75, 3.05) is 11.9 Å². The van der Waals surface area contributed by atoms with Crippen molar-refractivity contribution in [1.82, 2.24) is 9.88 Å². The van der Waals surface area contributed by atoms with E-state index in [1.54, 1.807) is 11.1 Å². The zero-order valence-corrected chi connectivity index (χ0v) is 16.1. The molecule has 0 aromatic carbocycles. The Kier molecular flexibility index (Phi) is 7.20. The number of rotatable bonds is 5. The van der Waals surface area contributed by atoms with Gasteiger partial charge >= 0.3 is 11.8 Å². The fourth-order valence-corrected chi connectivity index (χ4v) is 3.22. The van der Waals surface area contributed by atoms with Crippen LogP contribution in [0.4, 0.5) is 5.69 Å². The number of anilines is 1. The van der Waals surface area contributed by atoms with Gasteiger partial charge in [0.1, 0.15) is 0 Å². The average Bonchev–Trinajstić information content (AvgIpc) is 2.67. The van der Waals surface area contributed by atoms with Crippen LogP contribution in [-0.4, -0.2) is 46.9 Å². The molecule has 3 N–H and O–H groups in total. The highest BCUT2D eigenvalue weighted by Gasteiger charge is 2.34. The highest BCUT2D eigenvalue weighted by molar-refractivity contribution is 6.39. The smallest absolute Gasteiger partial charge is 0.313 e. The maximum absolute atomic E-state index is 12.9. The predicted octanol–water partition coefficient (Wildman–Crippen LogP) is 1.91. The van der Waals surface area contributed by atoms with Gasteiger partial charge in [0.2, 0.25) is 5.91 Å². The van der Waals surface area contributed by atoms with Crippen LogP contribution in [0, 0.1) is 5.92 Å². The highest BCUT2D eigenvalue weighted by Crippen LogP contribution is 2.27. The maximum Gasteiger partial charge on any atom is 0.313 e. The molecule has 1 saturated heterocycles. The standard InChI is InChI=1S/C20H25N5O3/c1-4-5-14(9-22-3)17-7-6-13(2)12-25(17)20(28)19(27)24-16-8-15(18(21)26)10-23-11-16/h4-5,8-11,13,17H,3,6-7,12H2,1-2H3,(H2,21,26)(H,24,27)/b5-4-,14-9+/t13-,17+/m1/s1. The van der Waals surface area contributed by atoms with E-state index in [1.807, 2.05) is 26.0 Å². The van der Waals surface area contributed by atoms with E-state index in [0.717, 1.165) is 18.4 Å². The number of nitrogens with one attached hydrogen (secondary N) is 1. The molecule has 1 fully saturated rings. The van der Waals surface area contributed by atoms with Gasteiger partial charge in [0, 0.05) is 18.9 Å². The number of allylic oxidation sites excluding steroid dienone is 1. The summed E-state index contributed by atoms with van der Waals surface area (Å²) < 4.78 is 0. The van der Waals surface area contributed by atoms with Gasteiger partial charge in [-0.1, -0.05) is 19.1 Å². The number of amides is 3. The summed E-state index contributed by atoms with van der Waals surface area (Å²) in [5.74, 6) is -1.84. The molecule has 28 heavy (non-hydrogen) atoms. The van der Waals surface area contributed by atoms with Crippen molar-refractivity contribution in [2.24, 2.45) is 16.6 Å². The second kappa shape index (κ2) is 9.59. The molecule has 148 valence electrons. The quantitative estimate of drug-likeness (QED) is 0.459. The van der Waals surface area contributed by atoms with Gasteiger partial charge in [0.25, 0.3) is 0 Å². The Bertz CT molecular complexity index is 831. The molecule has 3 amide bonds. The van der Waals surface area contributed by atoms with Gasteiger partial charge in [-0.15, -0.1) is 0 Å². The lowest BCUT2D eigenvalue weighted by atomic mass is 9.89. The van der Waals surface area contributed by atoms with Gasteiger partial charge in [-0.05, 0) is 44.0 Å². The van der Waals surface area contributed by atoms with Gasteiger partial charge in [-0.25, -0.2) is 0 Å². The van der Waals surface area contributed by atoms with Gasteiger partial charge < -0.3 is 16.0 Å². The van der Waals surface area contributed by atoms with Crippen LogP contribution >= 0.6 is 0 Å². The normalized spacial score (nSPS) is 20.1. The zero-order chi connectivity index (χ0) is 20.7. The summed E-state index contributed by atoms with van der Waals surface area (Å²) in [7, 11) is 0. The lowest BCUT2D eigenvalue weighted by molar-refractivity contribution is -0.145. The average molecular weight is 383 g/mol. The third-order valence-electron chi connectivity index (χ3n) is 4.54. The summed E-state index contributed by atoms with van der Waals surface area (Å²) in [6.07, 6.45) is 9.64. The molecule has 8 heteroatoms. The number of pyridine rings is 1. The van der Waals surface area contributed by atoms with Crippen LogP contribution in [0.25, 0.3) is 0 Å². The van der Waals surface area contributed by atoms with Crippen LogP contribution in [0.3, 0.4) is 0 Å². The number of nitrogens with two attached hydrogens (primary N) is 1. The molecule has 1 aliphatic rings. The minimum absolute atomic E-state index is 0.144. The van der Waals surface area contributed by atoms with Crippen LogP contribution in [0.2, 0.25) is 0 Å². The molecule has 0 aliphatic carbocycles. The minimum atomic E-state index is -0.797. The van der Waals surface area contributed by atoms with Crippen LogP contribution in [0.15, 0.2) is 47.4 Å². The van der Waals surface area contributed by atoms with E-state index >= 15 is 0 Å². The van der Waals surface area contributed by atoms with E-state index in [1.165, 1.54) is 18.5 Å². The fraction of sp³-hybridized carbons (Fsp3) is 0.350. The Labute approximate surface area is 164 Å². The third-order valence-corrected chi connectivity index (χ3v) is 4.54. The van der Waals surface area contributed by atoms with Gasteiger partial charge in [-0.3, -0.25) is 24.4 Å². The Morgan fingerprint density at radius 2 is 2.11 bits per heavy atom. The number of hydrogen-bond acceptors (Lipinski definition) is 5. The summed E-state index contributed by atoms with van der Waals surface area (Å²) in [6.45, 7) is 7.87. The molecule has 0 spiro atoms. The maximum atomic E-state index is 12.9. The lowest BCUT2D eigenvalue weighted by Gasteiger charge is -2.38. The molecule has 2 atom stereocenters. The predicted molar refractivity (Wildman–Crippen MR) is 108 cm³/mol. The van der Waals surface area contributed by atoms with E-state index < -0.39 is 17.7 Å². The molecular weight excluding hydrogens is 358 g/mol. The van der Waals surface area contributed by atoms with E-state index in [0.29, 0.717) is 6.54 Å². The molecule has 2 heterocycles. The molecular formula is C20H25N5O3. The first kappa shape index (κ1) is 21.0. The molecule has 1 aliphatic heterocycles. The molecule has 1 aromatic heterocycles. The summed E-state index contributed by atoms with van der Waals surface area (Å²) in [6, 6.07) is 1.12. The van der Waals surface area contributed by atoms with Crippen LogP contribution in [0.1, 0.15) is 37.0 Å². The molecule has 8 nitrogen and oxygen atoms in total. The zero-order valence-electron chi connectivity index (χ0n) is 16.1. The van der Waals surface area contributed by atoms with Crippen molar-refractivity contribution >= 4 is 30.1 Å². The molecule has 0 radical (unpaired) electrons. The first-order valence-corrected chi connectivity index (χ1v) is 9.02. The topological polar surface area (TPSA) is 118 Å². The van der Waals surface area contributed by atoms with Gasteiger partial charge in [0.05, 0.1) is 23.5 Å². The first-order valence-electron chi connectivity index (χ1n) is 9.02. The number of primary amides is 1.